The van der Waals surface area contributed by atoms with Gasteiger partial charge in [-0.15, -0.1) is 0 Å². The molecule has 3 rings (SSSR count). The van der Waals surface area contributed by atoms with Crippen LogP contribution in [0.3, 0.4) is 0 Å². The minimum absolute atomic E-state index is 0.195. The molecular formula is C21H33FN4O. The van der Waals surface area contributed by atoms with Crippen LogP contribution in [-0.2, 0) is 11.3 Å². The average molecular weight is 377 g/mol. The molecule has 0 aliphatic carbocycles. The molecule has 0 radical (unpaired) electrons. The standard InChI is InChI=1S/C21H33FN4O/c1-17(2)20-15-26(21(27)16-24-12-8-23-9-13-24)11-3-10-25(20)14-18-4-6-19(22)7-5-18/h4-7,17,20,23H,3,8-16H2,1-2H3/t20-/m1/s1. The van der Waals surface area contributed by atoms with Gasteiger partial charge in [-0.3, -0.25) is 14.6 Å². The SMILES string of the molecule is CC(C)[C@H]1CN(C(=O)CN2CCNCC2)CCCN1Cc1ccc(F)cc1. The Morgan fingerprint density at radius 2 is 1.85 bits per heavy atom. The van der Waals surface area contributed by atoms with E-state index < -0.39 is 0 Å². The van der Waals surface area contributed by atoms with E-state index in [-0.39, 0.29) is 11.7 Å². The predicted octanol–water partition coefficient (Wildman–Crippen LogP) is 1.79. The number of hydrogen-bond acceptors (Lipinski definition) is 4. The van der Waals surface area contributed by atoms with Crippen molar-refractivity contribution < 1.29 is 9.18 Å². The molecule has 1 atom stereocenters. The number of carbonyl (C=O) groups excluding carboxylic acids is 1. The molecule has 2 fully saturated rings. The number of benzene rings is 1. The lowest BCUT2D eigenvalue weighted by Gasteiger charge is -2.35. The van der Waals surface area contributed by atoms with E-state index in [2.05, 4.69) is 33.9 Å². The van der Waals surface area contributed by atoms with Crippen molar-refractivity contribution in [2.45, 2.75) is 32.9 Å². The van der Waals surface area contributed by atoms with Gasteiger partial charge in [0.1, 0.15) is 5.82 Å². The second-order valence-corrected chi connectivity index (χ2v) is 8.13. The van der Waals surface area contributed by atoms with Gasteiger partial charge in [-0.2, -0.15) is 0 Å². The van der Waals surface area contributed by atoms with Crippen molar-refractivity contribution in [3.8, 4) is 0 Å². The molecule has 0 bridgehead atoms. The van der Waals surface area contributed by atoms with E-state index in [4.69, 9.17) is 0 Å². The summed E-state index contributed by atoms with van der Waals surface area (Å²) in [5, 5.41) is 3.34. The van der Waals surface area contributed by atoms with Gasteiger partial charge in [-0.1, -0.05) is 26.0 Å². The van der Waals surface area contributed by atoms with Crippen LogP contribution in [0.2, 0.25) is 0 Å². The predicted molar refractivity (Wildman–Crippen MR) is 106 cm³/mol. The normalized spacial score (nSPS) is 22.8. The largest absolute Gasteiger partial charge is 0.340 e. The topological polar surface area (TPSA) is 38.8 Å². The maximum absolute atomic E-state index is 13.2. The maximum atomic E-state index is 13.2. The van der Waals surface area contributed by atoms with E-state index in [9.17, 15) is 9.18 Å². The Balaban J connectivity index is 1.63. The van der Waals surface area contributed by atoms with Gasteiger partial charge < -0.3 is 10.2 Å². The number of piperazine rings is 1. The molecule has 150 valence electrons. The molecule has 27 heavy (non-hydrogen) atoms. The number of nitrogens with one attached hydrogen (secondary N) is 1. The minimum atomic E-state index is -0.195. The van der Waals surface area contributed by atoms with Crippen molar-refractivity contribution in [1.29, 1.82) is 0 Å². The molecule has 1 aromatic rings. The second kappa shape index (κ2) is 9.62. The monoisotopic (exact) mass is 376 g/mol. The molecule has 1 amide bonds. The third-order valence-electron chi connectivity index (χ3n) is 5.74. The highest BCUT2D eigenvalue weighted by atomic mass is 19.1. The molecular weight excluding hydrogens is 343 g/mol. The fourth-order valence-corrected chi connectivity index (χ4v) is 4.10. The summed E-state index contributed by atoms with van der Waals surface area (Å²) in [6, 6.07) is 7.11. The summed E-state index contributed by atoms with van der Waals surface area (Å²) in [5.74, 6) is 0.518. The van der Waals surface area contributed by atoms with Gasteiger partial charge >= 0.3 is 0 Å². The Kier molecular flexibility index (Phi) is 7.21. The number of halogens is 1. The number of rotatable bonds is 5. The van der Waals surface area contributed by atoms with Gasteiger partial charge in [-0.05, 0) is 30.0 Å². The van der Waals surface area contributed by atoms with Gasteiger partial charge in [0.05, 0.1) is 6.54 Å². The van der Waals surface area contributed by atoms with Crippen LogP contribution in [0.15, 0.2) is 24.3 Å². The van der Waals surface area contributed by atoms with Gasteiger partial charge in [0, 0.05) is 58.4 Å². The molecule has 0 aromatic heterocycles. The van der Waals surface area contributed by atoms with Crippen LogP contribution >= 0.6 is 0 Å². The first kappa shape index (κ1) is 20.2. The molecule has 6 heteroatoms. The van der Waals surface area contributed by atoms with Crippen LogP contribution in [0.5, 0.6) is 0 Å². The lowest BCUT2D eigenvalue weighted by atomic mass is 10.0. The van der Waals surface area contributed by atoms with Crippen molar-refractivity contribution in [2.75, 3.05) is 52.4 Å². The molecule has 2 saturated heterocycles. The molecule has 0 unspecified atom stereocenters. The molecule has 0 saturated carbocycles. The Hall–Kier alpha value is -1.50. The third-order valence-corrected chi connectivity index (χ3v) is 5.74. The number of amides is 1. The number of carbonyl (C=O) groups is 1. The van der Waals surface area contributed by atoms with E-state index >= 15 is 0 Å². The lowest BCUT2D eigenvalue weighted by molar-refractivity contribution is -0.133. The lowest BCUT2D eigenvalue weighted by Crippen LogP contribution is -2.50. The van der Waals surface area contributed by atoms with Crippen molar-refractivity contribution in [1.82, 2.24) is 20.0 Å². The summed E-state index contributed by atoms with van der Waals surface area (Å²) in [4.78, 5) is 19.7. The Morgan fingerprint density at radius 1 is 1.15 bits per heavy atom. The first-order valence-corrected chi connectivity index (χ1v) is 10.2. The summed E-state index contributed by atoms with van der Waals surface area (Å²) >= 11 is 0. The summed E-state index contributed by atoms with van der Waals surface area (Å²) < 4.78 is 13.2. The fourth-order valence-electron chi connectivity index (χ4n) is 4.10. The third kappa shape index (κ3) is 5.74. The zero-order chi connectivity index (χ0) is 19.2. The van der Waals surface area contributed by atoms with Crippen LogP contribution in [0.1, 0.15) is 25.8 Å². The van der Waals surface area contributed by atoms with Crippen LogP contribution < -0.4 is 5.32 Å². The van der Waals surface area contributed by atoms with Crippen LogP contribution in [0.25, 0.3) is 0 Å². The summed E-state index contributed by atoms with van der Waals surface area (Å²) in [5.41, 5.74) is 1.13. The second-order valence-electron chi connectivity index (χ2n) is 8.13. The molecule has 2 aliphatic heterocycles. The minimum Gasteiger partial charge on any atom is -0.340 e. The van der Waals surface area contributed by atoms with Crippen molar-refractivity contribution in [2.24, 2.45) is 5.92 Å². The van der Waals surface area contributed by atoms with E-state index in [1.165, 1.54) is 12.1 Å². The van der Waals surface area contributed by atoms with E-state index in [0.717, 1.165) is 64.3 Å². The van der Waals surface area contributed by atoms with E-state index in [0.29, 0.717) is 18.5 Å². The first-order chi connectivity index (χ1) is 13.0. The summed E-state index contributed by atoms with van der Waals surface area (Å²) in [7, 11) is 0. The molecule has 1 aromatic carbocycles. The quantitative estimate of drug-likeness (QED) is 0.850. The average Bonchev–Trinajstić information content (AvgIpc) is 2.87. The molecule has 5 nitrogen and oxygen atoms in total. The summed E-state index contributed by atoms with van der Waals surface area (Å²) in [6.07, 6.45) is 0.984. The Labute approximate surface area is 162 Å². The van der Waals surface area contributed by atoms with Crippen LogP contribution in [0.4, 0.5) is 4.39 Å². The molecule has 2 aliphatic rings. The highest BCUT2D eigenvalue weighted by Crippen LogP contribution is 2.20. The fraction of sp³-hybridized carbons (Fsp3) is 0.667. The Bertz CT molecular complexity index is 601. The van der Waals surface area contributed by atoms with Gasteiger partial charge in [0.15, 0.2) is 0 Å². The van der Waals surface area contributed by atoms with Crippen LogP contribution in [-0.4, -0.2) is 79.0 Å². The highest BCUT2D eigenvalue weighted by molar-refractivity contribution is 5.78. The molecule has 0 spiro atoms. The smallest absolute Gasteiger partial charge is 0.236 e. The number of hydrogen-bond donors (Lipinski definition) is 1. The van der Waals surface area contributed by atoms with Crippen molar-refractivity contribution in [3.05, 3.63) is 35.6 Å². The highest BCUT2D eigenvalue weighted by Gasteiger charge is 2.30. The van der Waals surface area contributed by atoms with Gasteiger partial charge in [-0.25, -0.2) is 4.39 Å². The maximum Gasteiger partial charge on any atom is 0.236 e. The van der Waals surface area contributed by atoms with Crippen LogP contribution in [0, 0.1) is 11.7 Å². The zero-order valence-electron chi connectivity index (χ0n) is 16.7. The zero-order valence-corrected chi connectivity index (χ0v) is 16.7. The molecule has 2 heterocycles. The first-order valence-electron chi connectivity index (χ1n) is 10.2. The summed E-state index contributed by atoms with van der Waals surface area (Å²) in [6.45, 7) is 12.2. The van der Waals surface area contributed by atoms with Crippen molar-refractivity contribution >= 4 is 5.91 Å². The van der Waals surface area contributed by atoms with Gasteiger partial charge in [0.25, 0.3) is 0 Å². The van der Waals surface area contributed by atoms with Gasteiger partial charge in [0.2, 0.25) is 5.91 Å². The number of nitrogens with zero attached hydrogens (tertiary/aromatic N) is 3. The molecule has 1 N–H and O–H groups in total. The van der Waals surface area contributed by atoms with E-state index in [1.807, 2.05) is 12.1 Å². The Morgan fingerprint density at radius 3 is 2.52 bits per heavy atom. The van der Waals surface area contributed by atoms with E-state index in [1.54, 1.807) is 0 Å². The van der Waals surface area contributed by atoms with Crippen molar-refractivity contribution in [3.63, 3.8) is 0 Å².